The normalized spacial score (nSPS) is 33.3. The maximum atomic E-state index is 10.4. The van der Waals surface area contributed by atoms with Gasteiger partial charge in [0.05, 0.1) is 12.8 Å². The molecule has 0 amide bonds. The molecule has 1 aliphatic rings. The number of hydrogen-bond donors (Lipinski definition) is 6. The number of nitrogens with one attached hydrogen (secondary N) is 2. The molecule has 1 aliphatic heterocycles. The quantitative estimate of drug-likeness (QED) is 0.0702. The summed E-state index contributed by atoms with van der Waals surface area (Å²) in [5, 5.41) is 47.4. The molecule has 0 saturated carbocycles. The fraction of sp³-hybridized carbons (Fsp3) is 0.667. The lowest BCUT2D eigenvalue weighted by atomic mass is 9.90. The number of azide groups is 2. The second kappa shape index (κ2) is 7.45. The Kier molecular flexibility index (Phi) is 5.89. The van der Waals surface area contributed by atoms with Crippen LogP contribution in [0.1, 0.15) is 6.92 Å². The van der Waals surface area contributed by atoms with E-state index in [2.05, 4.69) is 35.5 Å². The molecule has 1 saturated heterocycles. The number of ether oxygens (including phenoxy) is 1. The van der Waals surface area contributed by atoms with E-state index in [0.717, 1.165) is 0 Å². The zero-order chi connectivity index (χ0) is 18.4. The number of aliphatic imine (C=N–C) groups is 1. The fourth-order valence-corrected chi connectivity index (χ4v) is 2.03. The van der Waals surface area contributed by atoms with Crippen LogP contribution in [-0.2, 0) is 4.74 Å². The number of amidine groups is 1. The largest absolute Gasteiger partial charge is 0.408 e. The van der Waals surface area contributed by atoms with E-state index in [4.69, 9.17) is 32.1 Å². The van der Waals surface area contributed by atoms with Gasteiger partial charge in [0.15, 0.2) is 5.72 Å². The lowest BCUT2D eigenvalue weighted by Crippen LogP contribution is -2.52. The molecule has 130 valence electrons. The van der Waals surface area contributed by atoms with Crippen molar-refractivity contribution in [2.24, 2.45) is 26.1 Å². The summed E-state index contributed by atoms with van der Waals surface area (Å²) in [4.78, 5) is 8.61. The first kappa shape index (κ1) is 19.0. The Morgan fingerprint density at radius 1 is 1.46 bits per heavy atom. The molecule has 24 heavy (non-hydrogen) atoms. The number of oxime groups is 1. The van der Waals surface area contributed by atoms with Crippen LogP contribution in [0.5, 0.6) is 0 Å². The topological polar surface area (TPSA) is 254 Å². The summed E-state index contributed by atoms with van der Waals surface area (Å²) in [6.45, 7) is 0.322. The van der Waals surface area contributed by atoms with Gasteiger partial charge in [0, 0.05) is 9.82 Å². The first-order valence-corrected chi connectivity index (χ1v) is 6.26. The van der Waals surface area contributed by atoms with Crippen LogP contribution >= 0.6 is 0 Å². The van der Waals surface area contributed by atoms with Crippen molar-refractivity contribution in [3.05, 3.63) is 20.9 Å². The highest BCUT2D eigenvalue weighted by Crippen LogP contribution is 2.41. The number of hydrogen-bond acceptors (Lipinski definition) is 8. The van der Waals surface area contributed by atoms with Crippen LogP contribution in [0.2, 0.25) is 0 Å². The van der Waals surface area contributed by atoms with Crippen molar-refractivity contribution in [2.45, 2.75) is 30.5 Å². The van der Waals surface area contributed by atoms with Gasteiger partial charge in [-0.2, -0.15) is 4.99 Å². The van der Waals surface area contributed by atoms with Gasteiger partial charge in [0.1, 0.15) is 23.7 Å². The Bertz CT molecular complexity index is 652. The van der Waals surface area contributed by atoms with Gasteiger partial charge in [-0.1, -0.05) is 10.2 Å². The highest BCUT2D eigenvalue weighted by Gasteiger charge is 2.61. The minimum absolute atomic E-state index is 0.331. The predicted octanol–water partition coefficient (Wildman–Crippen LogP) is -0.887. The monoisotopic (exact) mass is 341 g/mol. The number of guanidine groups is 1. The van der Waals surface area contributed by atoms with Gasteiger partial charge in [0.2, 0.25) is 0 Å². The van der Waals surface area contributed by atoms with Crippen molar-refractivity contribution in [3.8, 4) is 0 Å². The molecule has 0 bridgehead atoms. The summed E-state index contributed by atoms with van der Waals surface area (Å²) in [6, 6.07) is 0. The first-order valence-electron chi connectivity index (χ1n) is 6.26. The van der Waals surface area contributed by atoms with E-state index < -0.39 is 36.2 Å². The van der Waals surface area contributed by atoms with Gasteiger partial charge < -0.3 is 36.6 Å². The summed E-state index contributed by atoms with van der Waals surface area (Å²) >= 11 is 0. The maximum Gasteiger partial charge on any atom is 0.263 e. The third-order valence-electron chi connectivity index (χ3n) is 3.27. The lowest BCUT2D eigenvalue weighted by molar-refractivity contribution is -0.109. The van der Waals surface area contributed by atoms with Crippen molar-refractivity contribution in [1.82, 2.24) is 5.32 Å². The molecule has 1 rings (SSSR count). The van der Waals surface area contributed by atoms with Gasteiger partial charge >= 0.3 is 0 Å². The standard InChI is InChI=1S/C9H15N11O4/c1-8(17-19-12)5(22)9(3-21,18-20-13)24-6(8)15-7(16-23)14-4(11)2-10/h2,5-6,10,21-23H,3H2,1H3,(H3,11,14,15,16)/t5-,6+,8+,9+/m0/s1. The van der Waals surface area contributed by atoms with E-state index in [1.807, 2.05) is 0 Å². The highest BCUT2D eigenvalue weighted by atomic mass is 16.6. The number of rotatable bonds is 5. The molecule has 0 unspecified atom stereocenters. The van der Waals surface area contributed by atoms with Crippen LogP contribution in [0, 0.1) is 5.41 Å². The Hall–Kier alpha value is -3.09. The van der Waals surface area contributed by atoms with Crippen LogP contribution < -0.4 is 11.1 Å². The summed E-state index contributed by atoms with van der Waals surface area (Å²) in [5.41, 5.74) is 18.7. The zero-order valence-electron chi connectivity index (χ0n) is 12.3. The lowest BCUT2D eigenvalue weighted by Gasteiger charge is -2.28. The smallest absolute Gasteiger partial charge is 0.263 e. The molecule has 7 N–H and O–H groups in total. The van der Waals surface area contributed by atoms with E-state index in [9.17, 15) is 10.2 Å². The molecule has 1 fully saturated rings. The molecular formula is C9H15N11O4. The molecule has 0 aromatic carbocycles. The average Bonchev–Trinajstić information content (AvgIpc) is 2.77. The SMILES string of the molecule is C[C@]1(N=[N+]=[N-])[C@H](NC(=N/O)/N=C(/N)C=N)O[C@@](CO)(N=[N+]=[N-])[C@H]1O. The van der Waals surface area contributed by atoms with Crippen LogP contribution in [0.3, 0.4) is 0 Å². The van der Waals surface area contributed by atoms with Gasteiger partial charge in [-0.25, -0.2) is 0 Å². The zero-order valence-corrected chi connectivity index (χ0v) is 12.3. The van der Waals surface area contributed by atoms with Crippen LogP contribution in [0.4, 0.5) is 0 Å². The molecule has 0 radical (unpaired) electrons. The molecule has 4 atom stereocenters. The number of nitrogens with zero attached hydrogens (tertiary/aromatic N) is 8. The molecule has 0 aliphatic carbocycles. The summed E-state index contributed by atoms with van der Waals surface area (Å²) < 4.78 is 5.31. The number of aliphatic hydroxyl groups is 2. The van der Waals surface area contributed by atoms with Gasteiger partial charge in [0.25, 0.3) is 5.96 Å². The van der Waals surface area contributed by atoms with Crippen molar-refractivity contribution >= 4 is 18.0 Å². The molecule has 15 nitrogen and oxygen atoms in total. The minimum Gasteiger partial charge on any atom is -0.408 e. The van der Waals surface area contributed by atoms with Crippen LogP contribution in [0.15, 0.2) is 20.4 Å². The Balaban J connectivity index is 3.31. The van der Waals surface area contributed by atoms with Crippen molar-refractivity contribution in [1.29, 1.82) is 5.41 Å². The first-order chi connectivity index (χ1) is 11.3. The summed E-state index contributed by atoms with van der Waals surface area (Å²) in [6.07, 6.45) is -2.50. The molecule has 0 aromatic rings. The number of aliphatic hydroxyl groups excluding tert-OH is 2. The molecule has 1 heterocycles. The van der Waals surface area contributed by atoms with Crippen LogP contribution in [-0.4, -0.2) is 63.6 Å². The van der Waals surface area contributed by atoms with Gasteiger partial charge in [-0.05, 0) is 23.1 Å². The molecule has 0 aromatic heterocycles. The third kappa shape index (κ3) is 3.29. The fourth-order valence-electron chi connectivity index (χ4n) is 2.03. The van der Waals surface area contributed by atoms with Gasteiger partial charge in [-0.3, -0.25) is 0 Å². The Morgan fingerprint density at radius 2 is 2.08 bits per heavy atom. The van der Waals surface area contributed by atoms with Crippen molar-refractivity contribution in [3.63, 3.8) is 0 Å². The second-order valence-corrected chi connectivity index (χ2v) is 4.76. The van der Waals surface area contributed by atoms with E-state index in [1.165, 1.54) is 6.92 Å². The van der Waals surface area contributed by atoms with Gasteiger partial charge in [-0.15, -0.1) is 0 Å². The van der Waals surface area contributed by atoms with Crippen molar-refractivity contribution in [2.75, 3.05) is 6.61 Å². The molecule has 15 heteroatoms. The maximum absolute atomic E-state index is 10.4. The third-order valence-corrected chi connectivity index (χ3v) is 3.27. The number of nitrogens with two attached hydrogens (primary N) is 1. The average molecular weight is 341 g/mol. The summed E-state index contributed by atoms with van der Waals surface area (Å²) in [7, 11) is 0. The molecule has 0 spiro atoms. The highest BCUT2D eigenvalue weighted by molar-refractivity contribution is 6.29. The second-order valence-electron chi connectivity index (χ2n) is 4.76. The minimum atomic E-state index is -2.15. The van der Waals surface area contributed by atoms with E-state index in [-0.39, 0.29) is 5.84 Å². The Morgan fingerprint density at radius 3 is 2.54 bits per heavy atom. The van der Waals surface area contributed by atoms with Crippen LogP contribution in [0.25, 0.3) is 20.9 Å². The van der Waals surface area contributed by atoms with E-state index in [0.29, 0.717) is 6.21 Å². The predicted molar refractivity (Wildman–Crippen MR) is 80.2 cm³/mol. The summed E-state index contributed by atoms with van der Waals surface area (Å²) in [5.74, 6) is -0.870. The molecular weight excluding hydrogens is 326 g/mol. The Labute approximate surface area is 134 Å². The van der Waals surface area contributed by atoms with E-state index >= 15 is 0 Å². The van der Waals surface area contributed by atoms with E-state index in [1.54, 1.807) is 0 Å². The van der Waals surface area contributed by atoms with Crippen molar-refractivity contribution < 1.29 is 20.2 Å².